The maximum absolute atomic E-state index is 11.9. The average molecular weight is 232 g/mol. The number of nitrogens with zero attached hydrogens (tertiary/aromatic N) is 2. The summed E-state index contributed by atoms with van der Waals surface area (Å²) in [4.78, 5) is 14.9. The highest BCUT2D eigenvalue weighted by atomic mass is 16.2. The lowest BCUT2D eigenvalue weighted by molar-refractivity contribution is 0.0941. The Labute approximate surface area is 99.8 Å². The summed E-state index contributed by atoms with van der Waals surface area (Å²) >= 11 is 0. The van der Waals surface area contributed by atoms with Crippen molar-refractivity contribution in [1.82, 2.24) is 20.1 Å². The summed E-state index contributed by atoms with van der Waals surface area (Å²) in [5, 5.41) is 7.10. The van der Waals surface area contributed by atoms with Crippen molar-refractivity contribution in [2.45, 2.75) is 19.9 Å². The molecular formula is C12H16N4O. The molecule has 0 fully saturated rings. The highest BCUT2D eigenvalue weighted by Crippen LogP contribution is 2.04. The normalized spacial score (nSPS) is 10.5. The topological polar surface area (TPSA) is 62.7 Å². The molecule has 0 atom stereocenters. The van der Waals surface area contributed by atoms with Gasteiger partial charge in [0.15, 0.2) is 0 Å². The predicted octanol–water partition coefficient (Wildman–Crippen LogP) is 1.24. The zero-order valence-electron chi connectivity index (χ0n) is 10.0. The smallest absolute Gasteiger partial charge is 0.269 e. The van der Waals surface area contributed by atoms with Crippen molar-refractivity contribution in [1.29, 1.82) is 0 Å². The van der Waals surface area contributed by atoms with Gasteiger partial charge in [0.25, 0.3) is 5.91 Å². The Morgan fingerprint density at radius 2 is 2.41 bits per heavy atom. The number of carbonyl (C=O) groups is 1. The van der Waals surface area contributed by atoms with Crippen LogP contribution in [0.3, 0.4) is 0 Å². The molecule has 0 saturated heterocycles. The van der Waals surface area contributed by atoms with E-state index in [9.17, 15) is 4.79 Å². The largest absolute Gasteiger partial charge is 0.367 e. The summed E-state index contributed by atoms with van der Waals surface area (Å²) < 4.78 is 1.62. The average Bonchev–Trinajstić information content (AvgIpc) is 2.94. The summed E-state index contributed by atoms with van der Waals surface area (Å²) in [5.74, 6) is -0.0964. The van der Waals surface area contributed by atoms with Crippen molar-refractivity contribution < 1.29 is 4.79 Å². The number of amides is 1. The van der Waals surface area contributed by atoms with E-state index in [1.54, 1.807) is 11.7 Å². The van der Waals surface area contributed by atoms with Crippen LogP contribution in [0.2, 0.25) is 0 Å². The van der Waals surface area contributed by atoms with Gasteiger partial charge in [-0.15, -0.1) is 0 Å². The molecule has 0 aliphatic heterocycles. The lowest BCUT2D eigenvalue weighted by Crippen LogP contribution is -2.24. The molecule has 0 spiro atoms. The second-order valence-corrected chi connectivity index (χ2v) is 3.90. The molecule has 0 saturated carbocycles. The van der Waals surface area contributed by atoms with Crippen molar-refractivity contribution in [2.75, 3.05) is 0 Å². The fraction of sp³-hybridized carbons (Fsp3) is 0.333. The minimum Gasteiger partial charge on any atom is -0.367 e. The maximum Gasteiger partial charge on any atom is 0.269 e. The van der Waals surface area contributed by atoms with E-state index in [2.05, 4.69) is 15.4 Å². The quantitative estimate of drug-likeness (QED) is 0.833. The number of aromatic amines is 1. The van der Waals surface area contributed by atoms with Crippen molar-refractivity contribution in [2.24, 2.45) is 7.05 Å². The molecule has 0 bridgehead atoms. The minimum atomic E-state index is -0.0964. The summed E-state index contributed by atoms with van der Waals surface area (Å²) in [6.07, 6.45) is 4.53. The number of aryl methyl sites for hydroxylation is 2. The van der Waals surface area contributed by atoms with Crippen molar-refractivity contribution in [3.63, 3.8) is 0 Å². The van der Waals surface area contributed by atoms with Crippen LogP contribution < -0.4 is 5.32 Å². The Hall–Kier alpha value is -2.04. The molecule has 0 radical (unpaired) electrons. The van der Waals surface area contributed by atoms with Gasteiger partial charge in [-0.2, -0.15) is 5.10 Å². The van der Waals surface area contributed by atoms with Crippen LogP contribution in [0.15, 0.2) is 24.5 Å². The van der Waals surface area contributed by atoms with Crippen LogP contribution in [0.25, 0.3) is 0 Å². The van der Waals surface area contributed by atoms with Crippen LogP contribution in [-0.4, -0.2) is 20.7 Å². The molecule has 0 unspecified atom stereocenters. The first-order chi connectivity index (χ1) is 8.20. The Balaban J connectivity index is 2.01. The van der Waals surface area contributed by atoms with Gasteiger partial charge in [-0.05, 0) is 24.1 Å². The first kappa shape index (κ1) is 11.4. The second-order valence-electron chi connectivity index (χ2n) is 3.90. The van der Waals surface area contributed by atoms with Gasteiger partial charge in [-0.25, -0.2) is 0 Å². The molecule has 2 aromatic heterocycles. The number of hydrogen-bond donors (Lipinski definition) is 2. The van der Waals surface area contributed by atoms with Gasteiger partial charge in [-0.3, -0.25) is 9.48 Å². The highest BCUT2D eigenvalue weighted by molar-refractivity contribution is 5.92. The van der Waals surface area contributed by atoms with E-state index in [4.69, 9.17) is 0 Å². The molecule has 90 valence electrons. The van der Waals surface area contributed by atoms with Gasteiger partial charge in [0.1, 0.15) is 5.69 Å². The molecule has 2 heterocycles. The van der Waals surface area contributed by atoms with Crippen LogP contribution in [0.1, 0.15) is 28.7 Å². The van der Waals surface area contributed by atoms with E-state index >= 15 is 0 Å². The number of rotatable bonds is 4. The van der Waals surface area contributed by atoms with E-state index in [0.717, 1.165) is 17.7 Å². The summed E-state index contributed by atoms with van der Waals surface area (Å²) in [7, 11) is 1.78. The third-order valence-corrected chi connectivity index (χ3v) is 2.64. The standard InChI is InChI=1S/C12H16N4O/c1-3-10-6-11(16(2)15-10)12(17)14-8-9-4-5-13-7-9/h4-7,13H,3,8H2,1-2H3,(H,14,17). The van der Waals surface area contributed by atoms with E-state index in [-0.39, 0.29) is 5.91 Å². The molecule has 0 aromatic carbocycles. The Morgan fingerprint density at radius 3 is 3.00 bits per heavy atom. The molecule has 5 heteroatoms. The van der Waals surface area contributed by atoms with Gasteiger partial charge in [-0.1, -0.05) is 6.92 Å². The number of carbonyl (C=O) groups excluding carboxylic acids is 1. The molecule has 2 N–H and O–H groups in total. The fourth-order valence-corrected chi connectivity index (χ4v) is 1.65. The van der Waals surface area contributed by atoms with Gasteiger partial charge in [0.2, 0.25) is 0 Å². The Morgan fingerprint density at radius 1 is 1.59 bits per heavy atom. The van der Waals surface area contributed by atoms with Crippen molar-refractivity contribution in [3.8, 4) is 0 Å². The Bertz CT molecular complexity index is 499. The number of hydrogen-bond acceptors (Lipinski definition) is 2. The molecule has 2 aromatic rings. The lowest BCUT2D eigenvalue weighted by atomic mass is 10.3. The lowest BCUT2D eigenvalue weighted by Gasteiger charge is -2.03. The third kappa shape index (κ3) is 2.55. The first-order valence-electron chi connectivity index (χ1n) is 5.63. The van der Waals surface area contributed by atoms with Gasteiger partial charge < -0.3 is 10.3 Å². The van der Waals surface area contributed by atoms with Crippen LogP contribution in [0.5, 0.6) is 0 Å². The number of aromatic nitrogens is 3. The van der Waals surface area contributed by atoms with Gasteiger partial charge in [0, 0.05) is 26.0 Å². The summed E-state index contributed by atoms with van der Waals surface area (Å²) in [6.45, 7) is 2.54. The van der Waals surface area contributed by atoms with Gasteiger partial charge >= 0.3 is 0 Å². The maximum atomic E-state index is 11.9. The van der Waals surface area contributed by atoms with E-state index in [1.807, 2.05) is 31.5 Å². The zero-order chi connectivity index (χ0) is 12.3. The third-order valence-electron chi connectivity index (χ3n) is 2.64. The van der Waals surface area contributed by atoms with Crippen LogP contribution >= 0.6 is 0 Å². The zero-order valence-corrected chi connectivity index (χ0v) is 10.0. The molecule has 5 nitrogen and oxygen atoms in total. The van der Waals surface area contributed by atoms with Crippen LogP contribution in [0, 0.1) is 0 Å². The monoisotopic (exact) mass is 232 g/mol. The molecule has 0 aliphatic carbocycles. The molecular weight excluding hydrogens is 216 g/mol. The van der Waals surface area contributed by atoms with Crippen molar-refractivity contribution in [3.05, 3.63) is 41.5 Å². The number of nitrogens with one attached hydrogen (secondary N) is 2. The fourth-order valence-electron chi connectivity index (χ4n) is 1.65. The molecule has 2 rings (SSSR count). The predicted molar refractivity (Wildman–Crippen MR) is 64.5 cm³/mol. The molecule has 1 amide bonds. The van der Waals surface area contributed by atoms with E-state index in [1.165, 1.54) is 0 Å². The van der Waals surface area contributed by atoms with E-state index < -0.39 is 0 Å². The second kappa shape index (κ2) is 4.86. The van der Waals surface area contributed by atoms with E-state index in [0.29, 0.717) is 12.2 Å². The minimum absolute atomic E-state index is 0.0964. The first-order valence-corrected chi connectivity index (χ1v) is 5.63. The van der Waals surface area contributed by atoms with Crippen LogP contribution in [-0.2, 0) is 20.0 Å². The Kier molecular flexibility index (Phi) is 3.27. The van der Waals surface area contributed by atoms with Crippen LogP contribution in [0.4, 0.5) is 0 Å². The summed E-state index contributed by atoms with van der Waals surface area (Å²) in [6, 6.07) is 3.76. The SMILES string of the molecule is CCc1cc(C(=O)NCc2cc[nH]c2)n(C)n1. The highest BCUT2D eigenvalue weighted by Gasteiger charge is 2.11. The molecule has 17 heavy (non-hydrogen) atoms. The number of H-pyrrole nitrogens is 1. The van der Waals surface area contributed by atoms with Gasteiger partial charge in [0.05, 0.1) is 5.69 Å². The van der Waals surface area contributed by atoms with Crippen molar-refractivity contribution >= 4 is 5.91 Å². The summed E-state index contributed by atoms with van der Waals surface area (Å²) in [5.41, 5.74) is 2.58. The molecule has 0 aliphatic rings.